The molecule has 1 saturated heterocycles. The molecule has 1 fully saturated rings. The molecule has 2 heterocycles. The fraction of sp³-hybridized carbons (Fsp3) is 0.733. The summed E-state index contributed by atoms with van der Waals surface area (Å²) < 4.78 is 4.95. The lowest BCUT2D eigenvalue weighted by Gasteiger charge is -2.39. The number of hydrogen-bond acceptors (Lipinski definition) is 6. The van der Waals surface area contributed by atoms with E-state index in [4.69, 9.17) is 4.74 Å². The van der Waals surface area contributed by atoms with E-state index in [-0.39, 0.29) is 5.97 Å². The van der Waals surface area contributed by atoms with Crippen molar-refractivity contribution in [2.24, 2.45) is 0 Å². The highest BCUT2D eigenvalue weighted by atomic mass is 32.1. The molecule has 0 radical (unpaired) electrons. The number of carbonyl (C=O) groups is 1. The zero-order chi connectivity index (χ0) is 15.2. The minimum absolute atomic E-state index is 0.141. The zero-order valence-electron chi connectivity index (χ0n) is 13.2. The van der Waals surface area contributed by atoms with Crippen molar-refractivity contribution in [2.75, 3.05) is 38.2 Å². The van der Waals surface area contributed by atoms with Gasteiger partial charge in [-0.1, -0.05) is 6.92 Å². The van der Waals surface area contributed by atoms with Crippen LogP contribution in [0.5, 0.6) is 0 Å². The van der Waals surface area contributed by atoms with Gasteiger partial charge in [-0.3, -0.25) is 9.69 Å². The molecular weight excluding hydrogens is 286 g/mol. The fourth-order valence-corrected chi connectivity index (χ4v) is 3.48. The highest BCUT2D eigenvalue weighted by Crippen LogP contribution is 2.24. The number of nitrogens with zero attached hydrogens (tertiary/aromatic N) is 3. The van der Waals surface area contributed by atoms with E-state index < -0.39 is 0 Å². The van der Waals surface area contributed by atoms with Crippen molar-refractivity contribution in [1.82, 2.24) is 9.88 Å². The molecule has 0 bridgehead atoms. The largest absolute Gasteiger partial charge is 0.466 e. The minimum atomic E-state index is -0.141. The van der Waals surface area contributed by atoms with Crippen LogP contribution >= 0.6 is 11.3 Å². The molecule has 0 saturated carbocycles. The second-order valence-corrected chi connectivity index (χ2v) is 6.25. The zero-order valence-corrected chi connectivity index (χ0v) is 14.0. The van der Waals surface area contributed by atoms with Gasteiger partial charge in [-0.05, 0) is 20.4 Å². The van der Waals surface area contributed by atoms with E-state index in [2.05, 4.69) is 34.1 Å². The number of carbonyl (C=O) groups excluding carboxylic acids is 1. The number of esters is 1. The summed E-state index contributed by atoms with van der Waals surface area (Å²) in [5.74, 6) is -0.141. The molecule has 0 aromatic carbocycles. The molecule has 2 rings (SSSR count). The van der Waals surface area contributed by atoms with E-state index in [9.17, 15) is 4.79 Å². The smallest absolute Gasteiger partial charge is 0.306 e. The van der Waals surface area contributed by atoms with E-state index in [1.807, 2.05) is 6.92 Å². The maximum Gasteiger partial charge on any atom is 0.306 e. The average Bonchev–Trinajstić information content (AvgIpc) is 2.95. The second-order valence-electron chi connectivity index (χ2n) is 5.42. The third-order valence-corrected chi connectivity index (χ3v) is 4.90. The van der Waals surface area contributed by atoms with Crippen LogP contribution in [0.4, 0.5) is 5.13 Å². The first kappa shape index (κ1) is 16.2. The molecule has 0 aliphatic carbocycles. The molecule has 1 unspecified atom stereocenters. The molecule has 6 heteroatoms. The molecule has 5 nitrogen and oxygen atoms in total. The highest BCUT2D eigenvalue weighted by molar-refractivity contribution is 7.13. The van der Waals surface area contributed by atoms with Crippen LogP contribution in [0.2, 0.25) is 0 Å². The van der Waals surface area contributed by atoms with Gasteiger partial charge in [0, 0.05) is 37.5 Å². The number of rotatable bonds is 6. The van der Waals surface area contributed by atoms with Gasteiger partial charge in [0.2, 0.25) is 0 Å². The van der Waals surface area contributed by atoms with E-state index in [0.717, 1.165) is 36.9 Å². The number of piperazine rings is 1. The van der Waals surface area contributed by atoms with Crippen molar-refractivity contribution in [2.45, 2.75) is 39.2 Å². The number of thiazole rings is 1. The molecule has 1 aliphatic heterocycles. The van der Waals surface area contributed by atoms with Crippen LogP contribution in [0, 0.1) is 0 Å². The summed E-state index contributed by atoms with van der Waals surface area (Å²) in [5.41, 5.74) is 0.995. The van der Waals surface area contributed by atoms with Crippen molar-refractivity contribution in [3.05, 3.63) is 11.1 Å². The molecule has 1 atom stereocenters. The summed E-state index contributed by atoms with van der Waals surface area (Å²) >= 11 is 1.68. The third kappa shape index (κ3) is 4.41. The Hall–Kier alpha value is -1.14. The van der Waals surface area contributed by atoms with Gasteiger partial charge < -0.3 is 9.64 Å². The minimum Gasteiger partial charge on any atom is -0.466 e. The molecule has 0 amide bonds. The van der Waals surface area contributed by atoms with Crippen LogP contribution in [0.1, 0.15) is 32.4 Å². The van der Waals surface area contributed by atoms with E-state index in [0.29, 0.717) is 25.5 Å². The summed E-state index contributed by atoms with van der Waals surface area (Å²) in [6.07, 6.45) is 2.24. The molecule has 0 N–H and O–H groups in total. The summed E-state index contributed by atoms with van der Waals surface area (Å²) in [5, 5.41) is 3.15. The Morgan fingerprint density at radius 1 is 1.48 bits per heavy atom. The first-order chi connectivity index (χ1) is 10.1. The van der Waals surface area contributed by atoms with Crippen LogP contribution in [-0.2, 0) is 16.0 Å². The van der Waals surface area contributed by atoms with Gasteiger partial charge in [0.05, 0.1) is 18.7 Å². The van der Waals surface area contributed by atoms with Crippen molar-refractivity contribution >= 4 is 22.4 Å². The van der Waals surface area contributed by atoms with Crippen LogP contribution in [0.3, 0.4) is 0 Å². The Labute approximate surface area is 130 Å². The van der Waals surface area contributed by atoms with Gasteiger partial charge in [0.25, 0.3) is 0 Å². The van der Waals surface area contributed by atoms with E-state index >= 15 is 0 Å². The summed E-state index contributed by atoms with van der Waals surface area (Å²) in [4.78, 5) is 20.8. The fourth-order valence-electron chi connectivity index (χ4n) is 2.58. The number of anilines is 1. The number of aromatic nitrogens is 1. The molecule has 1 aromatic rings. The van der Waals surface area contributed by atoms with Crippen LogP contribution in [0.15, 0.2) is 5.38 Å². The third-order valence-electron chi connectivity index (χ3n) is 3.95. The Kier molecular flexibility index (Phi) is 5.99. The number of hydrogen-bond donors (Lipinski definition) is 0. The quantitative estimate of drug-likeness (QED) is 0.754. The first-order valence-corrected chi connectivity index (χ1v) is 8.57. The van der Waals surface area contributed by atoms with Gasteiger partial charge in [0.15, 0.2) is 5.13 Å². The summed E-state index contributed by atoms with van der Waals surface area (Å²) in [6, 6.07) is 0.602. The topological polar surface area (TPSA) is 45.7 Å². The van der Waals surface area contributed by atoms with Crippen molar-refractivity contribution in [1.29, 1.82) is 0 Å². The molecule has 0 spiro atoms. The van der Waals surface area contributed by atoms with Crippen molar-refractivity contribution in [3.8, 4) is 0 Å². The lowest BCUT2D eigenvalue weighted by atomic mass is 10.1. The summed E-state index contributed by atoms with van der Waals surface area (Å²) in [7, 11) is 2.19. The maximum absolute atomic E-state index is 11.4. The standard InChI is InChI=1S/C15H25N3O2S/c1-4-13-10-18(9-8-17(13)3)15-16-12(11-21-15)6-7-14(19)20-5-2/h11,13H,4-10H2,1-3H3. The Morgan fingerprint density at radius 2 is 2.29 bits per heavy atom. The van der Waals surface area contributed by atoms with Crippen LogP contribution in [0.25, 0.3) is 0 Å². The first-order valence-electron chi connectivity index (χ1n) is 7.69. The molecule has 1 aliphatic rings. The number of likely N-dealkylation sites (N-methyl/N-ethyl adjacent to an activating group) is 1. The van der Waals surface area contributed by atoms with Gasteiger partial charge in [-0.2, -0.15) is 0 Å². The molecule has 118 valence electrons. The molecule has 1 aromatic heterocycles. The average molecular weight is 311 g/mol. The summed E-state index contributed by atoms with van der Waals surface area (Å²) in [6.45, 7) is 7.65. The van der Waals surface area contributed by atoms with Crippen LogP contribution < -0.4 is 4.90 Å². The Bertz CT molecular complexity index is 464. The number of ether oxygens (including phenoxy) is 1. The van der Waals surface area contributed by atoms with E-state index in [1.165, 1.54) is 0 Å². The monoisotopic (exact) mass is 311 g/mol. The lowest BCUT2D eigenvalue weighted by molar-refractivity contribution is -0.143. The molecular formula is C15H25N3O2S. The highest BCUT2D eigenvalue weighted by Gasteiger charge is 2.24. The van der Waals surface area contributed by atoms with Gasteiger partial charge in [-0.25, -0.2) is 4.98 Å². The predicted molar refractivity (Wildman–Crippen MR) is 86.0 cm³/mol. The number of aryl methyl sites for hydroxylation is 1. The predicted octanol–water partition coefficient (Wildman–Crippen LogP) is 2.17. The maximum atomic E-state index is 11.4. The van der Waals surface area contributed by atoms with E-state index in [1.54, 1.807) is 11.3 Å². The SMILES string of the molecule is CCOC(=O)CCc1csc(N2CCN(C)C(CC)C2)n1. The van der Waals surface area contributed by atoms with Gasteiger partial charge in [-0.15, -0.1) is 11.3 Å². The van der Waals surface area contributed by atoms with Crippen molar-refractivity contribution < 1.29 is 9.53 Å². The Balaban J connectivity index is 1.89. The van der Waals surface area contributed by atoms with Crippen molar-refractivity contribution in [3.63, 3.8) is 0 Å². The van der Waals surface area contributed by atoms with Crippen LogP contribution in [-0.4, -0.2) is 55.2 Å². The lowest BCUT2D eigenvalue weighted by Crippen LogP contribution is -2.51. The van der Waals surface area contributed by atoms with Gasteiger partial charge >= 0.3 is 5.97 Å². The normalized spacial score (nSPS) is 19.8. The molecule has 21 heavy (non-hydrogen) atoms. The Morgan fingerprint density at radius 3 is 3.00 bits per heavy atom. The van der Waals surface area contributed by atoms with Gasteiger partial charge in [0.1, 0.15) is 0 Å². The second kappa shape index (κ2) is 7.75.